The number of halogens is 1. The van der Waals surface area contributed by atoms with E-state index >= 15 is 0 Å². The van der Waals surface area contributed by atoms with Crippen molar-refractivity contribution in [2.45, 2.75) is 6.42 Å². The molecule has 2 aliphatic heterocycles. The fraction of sp³-hybridized carbons (Fsp3) is 0.524. The third kappa shape index (κ3) is 3.63. The van der Waals surface area contributed by atoms with Crippen LogP contribution in [-0.2, 0) is 4.74 Å². The van der Waals surface area contributed by atoms with E-state index in [1.807, 2.05) is 12.1 Å². The summed E-state index contributed by atoms with van der Waals surface area (Å²) >= 11 is 0. The van der Waals surface area contributed by atoms with E-state index in [4.69, 9.17) is 4.74 Å². The fourth-order valence-corrected chi connectivity index (χ4v) is 4.72. The van der Waals surface area contributed by atoms with Crippen LogP contribution in [0.1, 0.15) is 6.42 Å². The van der Waals surface area contributed by atoms with Crippen molar-refractivity contribution < 1.29 is 9.13 Å². The maximum absolute atomic E-state index is 13.5. The second-order valence-corrected chi connectivity index (χ2v) is 7.95. The quantitative estimate of drug-likeness (QED) is 0.857. The summed E-state index contributed by atoms with van der Waals surface area (Å²) < 4.78 is 18.9. The van der Waals surface area contributed by atoms with Gasteiger partial charge in [-0.15, -0.1) is 0 Å². The molecular formula is C21H26FN5O. The number of morpholine rings is 1. The van der Waals surface area contributed by atoms with E-state index in [1.54, 1.807) is 18.5 Å². The predicted molar refractivity (Wildman–Crippen MR) is 107 cm³/mol. The van der Waals surface area contributed by atoms with Crippen molar-refractivity contribution in [2.75, 3.05) is 61.1 Å². The van der Waals surface area contributed by atoms with Crippen molar-refractivity contribution in [3.8, 4) is 0 Å². The molecule has 0 amide bonds. The Balaban J connectivity index is 1.17. The average molecular weight is 383 g/mol. The highest BCUT2D eigenvalue weighted by Crippen LogP contribution is 2.52. The number of fused-ring (bicyclic) bond motifs is 1. The first-order valence-electron chi connectivity index (χ1n) is 10.2. The summed E-state index contributed by atoms with van der Waals surface area (Å²) in [6, 6.07) is 8.99. The number of anilines is 3. The van der Waals surface area contributed by atoms with Crippen LogP contribution in [0.15, 0.2) is 36.7 Å². The second-order valence-electron chi connectivity index (χ2n) is 7.95. The van der Waals surface area contributed by atoms with Gasteiger partial charge in [-0.3, -0.25) is 0 Å². The standard InChI is InChI=1S/C21H26FN5O/c22-15-2-1-3-16(10-15)27-5-4-17-18(19(17)13-27)12-23-20-11-21(25-14-24-20)26-6-8-28-9-7-26/h1-3,10-11,14,17-19H,4-9,12-13H2,(H,23,24,25). The van der Waals surface area contributed by atoms with Gasteiger partial charge in [-0.1, -0.05) is 6.07 Å². The SMILES string of the molecule is Fc1cccc(N2CCC3C(CNc4cc(N5CCOCC5)ncn4)C3C2)c1. The summed E-state index contributed by atoms with van der Waals surface area (Å²) in [4.78, 5) is 13.4. The molecule has 6 nitrogen and oxygen atoms in total. The molecule has 1 saturated carbocycles. The number of ether oxygens (including phenoxy) is 1. The molecule has 3 aliphatic rings. The number of piperidine rings is 1. The first kappa shape index (κ1) is 17.7. The van der Waals surface area contributed by atoms with Crippen LogP contribution in [0.4, 0.5) is 21.7 Å². The van der Waals surface area contributed by atoms with Crippen molar-refractivity contribution in [1.82, 2.24) is 9.97 Å². The van der Waals surface area contributed by atoms with Gasteiger partial charge in [0.2, 0.25) is 0 Å². The Labute approximate surface area is 164 Å². The van der Waals surface area contributed by atoms with Crippen LogP contribution < -0.4 is 15.1 Å². The zero-order valence-electron chi connectivity index (χ0n) is 15.9. The highest BCUT2D eigenvalue weighted by atomic mass is 19.1. The number of nitrogens with one attached hydrogen (secondary N) is 1. The predicted octanol–water partition coefficient (Wildman–Crippen LogP) is 2.64. The smallest absolute Gasteiger partial charge is 0.134 e. The lowest BCUT2D eigenvalue weighted by Gasteiger charge is -2.28. The lowest BCUT2D eigenvalue weighted by atomic mass is 10.1. The van der Waals surface area contributed by atoms with Crippen molar-refractivity contribution in [3.05, 3.63) is 42.5 Å². The summed E-state index contributed by atoms with van der Waals surface area (Å²) in [6.07, 6.45) is 2.81. The molecule has 1 N–H and O–H groups in total. The number of aromatic nitrogens is 2. The van der Waals surface area contributed by atoms with Gasteiger partial charge in [-0.25, -0.2) is 14.4 Å². The Kier molecular flexibility index (Phi) is 4.76. The molecule has 3 heterocycles. The molecule has 148 valence electrons. The fourth-order valence-electron chi connectivity index (χ4n) is 4.72. The molecule has 0 bridgehead atoms. The zero-order chi connectivity index (χ0) is 18.9. The van der Waals surface area contributed by atoms with Gasteiger partial charge in [0.1, 0.15) is 23.8 Å². The summed E-state index contributed by atoms with van der Waals surface area (Å²) in [7, 11) is 0. The van der Waals surface area contributed by atoms with E-state index in [-0.39, 0.29) is 5.82 Å². The van der Waals surface area contributed by atoms with E-state index in [0.29, 0.717) is 11.8 Å². The molecule has 0 spiro atoms. The summed E-state index contributed by atoms with van der Waals surface area (Å²) in [5, 5.41) is 3.52. The van der Waals surface area contributed by atoms with Gasteiger partial charge in [0.15, 0.2) is 0 Å². The Bertz CT molecular complexity index is 828. The van der Waals surface area contributed by atoms with Crippen LogP contribution in [0.5, 0.6) is 0 Å². The molecule has 2 saturated heterocycles. The molecule has 0 radical (unpaired) electrons. The Hall–Kier alpha value is -2.41. The number of hydrogen-bond donors (Lipinski definition) is 1. The Morgan fingerprint density at radius 3 is 2.82 bits per heavy atom. The van der Waals surface area contributed by atoms with E-state index in [1.165, 1.54) is 12.5 Å². The maximum Gasteiger partial charge on any atom is 0.134 e. The van der Waals surface area contributed by atoms with E-state index < -0.39 is 0 Å². The molecule has 2 aromatic rings. The van der Waals surface area contributed by atoms with Gasteiger partial charge in [0, 0.05) is 44.5 Å². The normalized spacial score (nSPS) is 26.7. The van der Waals surface area contributed by atoms with Crippen LogP contribution >= 0.6 is 0 Å². The third-order valence-corrected chi connectivity index (χ3v) is 6.35. The number of rotatable bonds is 5. The first-order chi connectivity index (χ1) is 13.8. The zero-order valence-corrected chi connectivity index (χ0v) is 15.9. The topological polar surface area (TPSA) is 53.5 Å². The molecule has 1 aromatic heterocycles. The molecule has 1 aliphatic carbocycles. The van der Waals surface area contributed by atoms with Gasteiger partial charge in [0.05, 0.1) is 13.2 Å². The van der Waals surface area contributed by atoms with Crippen LogP contribution in [0.2, 0.25) is 0 Å². The first-order valence-corrected chi connectivity index (χ1v) is 10.2. The summed E-state index contributed by atoms with van der Waals surface area (Å²) in [5.74, 6) is 3.82. The minimum Gasteiger partial charge on any atom is -0.378 e. The molecule has 3 fully saturated rings. The minimum atomic E-state index is -0.159. The largest absolute Gasteiger partial charge is 0.378 e. The molecule has 5 rings (SSSR count). The molecule has 3 atom stereocenters. The highest BCUT2D eigenvalue weighted by Gasteiger charge is 2.52. The monoisotopic (exact) mass is 383 g/mol. The van der Waals surface area contributed by atoms with Crippen molar-refractivity contribution in [1.29, 1.82) is 0 Å². The highest BCUT2D eigenvalue weighted by molar-refractivity contribution is 5.49. The average Bonchev–Trinajstić information content (AvgIpc) is 3.45. The summed E-state index contributed by atoms with van der Waals surface area (Å²) in [5.41, 5.74) is 1.00. The molecule has 7 heteroatoms. The molecular weight excluding hydrogens is 357 g/mol. The molecule has 1 aromatic carbocycles. The second kappa shape index (κ2) is 7.54. The van der Waals surface area contributed by atoms with Gasteiger partial charge in [0.25, 0.3) is 0 Å². The molecule has 28 heavy (non-hydrogen) atoms. The van der Waals surface area contributed by atoms with Gasteiger partial charge >= 0.3 is 0 Å². The van der Waals surface area contributed by atoms with Crippen LogP contribution in [0, 0.1) is 23.6 Å². The van der Waals surface area contributed by atoms with E-state index in [0.717, 1.165) is 69.2 Å². The Morgan fingerprint density at radius 2 is 1.96 bits per heavy atom. The van der Waals surface area contributed by atoms with E-state index in [2.05, 4.69) is 25.1 Å². The Morgan fingerprint density at radius 1 is 1.07 bits per heavy atom. The van der Waals surface area contributed by atoms with Crippen molar-refractivity contribution in [3.63, 3.8) is 0 Å². The van der Waals surface area contributed by atoms with E-state index in [9.17, 15) is 4.39 Å². The van der Waals surface area contributed by atoms with Gasteiger partial charge in [-0.05, 0) is 42.4 Å². The maximum atomic E-state index is 13.5. The lowest BCUT2D eigenvalue weighted by Crippen LogP contribution is -2.36. The van der Waals surface area contributed by atoms with Crippen molar-refractivity contribution >= 4 is 17.3 Å². The number of hydrogen-bond acceptors (Lipinski definition) is 6. The van der Waals surface area contributed by atoms with Crippen LogP contribution in [0.3, 0.4) is 0 Å². The van der Waals surface area contributed by atoms with Crippen LogP contribution in [-0.4, -0.2) is 55.9 Å². The minimum absolute atomic E-state index is 0.159. The molecule has 3 unspecified atom stereocenters. The number of benzene rings is 1. The van der Waals surface area contributed by atoms with Crippen molar-refractivity contribution in [2.24, 2.45) is 17.8 Å². The summed E-state index contributed by atoms with van der Waals surface area (Å²) in [6.45, 7) is 6.21. The van der Waals surface area contributed by atoms with Crippen LogP contribution in [0.25, 0.3) is 0 Å². The third-order valence-electron chi connectivity index (χ3n) is 6.35. The van der Waals surface area contributed by atoms with Gasteiger partial charge < -0.3 is 19.9 Å². The lowest BCUT2D eigenvalue weighted by molar-refractivity contribution is 0.122. The number of nitrogens with zero attached hydrogens (tertiary/aromatic N) is 4. The van der Waals surface area contributed by atoms with Gasteiger partial charge in [-0.2, -0.15) is 0 Å².